The van der Waals surface area contributed by atoms with Crippen LogP contribution < -0.4 is 0 Å². The van der Waals surface area contributed by atoms with Gasteiger partial charge in [0.2, 0.25) is 0 Å². The maximum Gasteiger partial charge on any atom is 0.306 e. The Morgan fingerprint density at radius 2 is 0.470 bits per heavy atom. The summed E-state index contributed by atoms with van der Waals surface area (Å²) in [5.74, 6) is -0.925. The molecule has 0 aromatic carbocycles. The normalized spacial score (nSPS) is 13.2. The monoisotopic (exact) mass is 1140 g/mol. The van der Waals surface area contributed by atoms with Crippen molar-refractivity contribution < 1.29 is 28.6 Å². The molecule has 0 radical (unpaired) electrons. The number of ether oxygens (including phenoxy) is 3. The number of esters is 3. The maximum absolute atomic E-state index is 12.9. The largest absolute Gasteiger partial charge is 0.462 e. The van der Waals surface area contributed by atoms with E-state index in [1.165, 1.54) is 64.2 Å². The number of unbranched alkanes of at least 4 members (excludes halogenated alkanes) is 20. The van der Waals surface area contributed by atoms with Crippen LogP contribution in [0.3, 0.4) is 0 Å². The first kappa shape index (κ1) is 77.8. The average Bonchev–Trinajstić information content (AvgIpc) is 3.49. The second kappa shape index (κ2) is 69.3. The van der Waals surface area contributed by atoms with Crippen LogP contribution in [-0.4, -0.2) is 37.2 Å². The second-order valence-corrected chi connectivity index (χ2v) is 21.6. The van der Waals surface area contributed by atoms with Crippen molar-refractivity contribution in [1.82, 2.24) is 0 Å². The molecule has 0 aliphatic rings. The molecule has 0 aromatic rings. The predicted molar refractivity (Wildman–Crippen MR) is 361 cm³/mol. The standard InChI is InChI=1S/C77H122O6/c1-4-7-10-13-15-17-19-21-23-25-27-29-31-33-35-36-37-38-39-40-42-43-45-47-49-51-53-55-57-59-61-64-67-70-76(79)82-73-74(72-81-75(78)69-66-63-12-9-6-3)83-77(80)71-68-65-62-60-58-56-54-52-50-48-46-44-41-34-32-30-28-26-24-22-20-18-16-14-11-8-5-2/h7-8,10-11,15-18,21-24,27-30,33-35,37-38,40-42,45-48,74H,4-6,9,12-14,19-20,25-26,31-32,36,39,43-44,49-73H2,1-3H3/b10-7-,11-8-,17-15-,18-16-,23-21-,24-22-,29-27-,30-28-,35-33-,38-37-,41-34-,42-40-,47-45-,48-46-. The van der Waals surface area contributed by atoms with Crippen molar-refractivity contribution >= 4 is 17.9 Å². The van der Waals surface area contributed by atoms with Crippen molar-refractivity contribution in [2.45, 2.75) is 284 Å². The molecule has 1 unspecified atom stereocenters. The van der Waals surface area contributed by atoms with Crippen LogP contribution in [0, 0.1) is 0 Å². The van der Waals surface area contributed by atoms with Crippen LogP contribution in [0.15, 0.2) is 170 Å². The summed E-state index contributed by atoms with van der Waals surface area (Å²) in [6.07, 6.45) is 103. The molecule has 0 saturated carbocycles. The summed E-state index contributed by atoms with van der Waals surface area (Å²) in [7, 11) is 0. The van der Waals surface area contributed by atoms with Crippen LogP contribution in [-0.2, 0) is 28.6 Å². The molecule has 0 rings (SSSR count). The Balaban J connectivity index is 4.11. The minimum atomic E-state index is -0.791. The van der Waals surface area contributed by atoms with Gasteiger partial charge in [-0.1, -0.05) is 294 Å². The van der Waals surface area contributed by atoms with Crippen molar-refractivity contribution in [3.63, 3.8) is 0 Å². The van der Waals surface area contributed by atoms with E-state index in [9.17, 15) is 14.4 Å². The van der Waals surface area contributed by atoms with Gasteiger partial charge in [-0.3, -0.25) is 14.4 Å². The third-order valence-electron chi connectivity index (χ3n) is 13.7. The van der Waals surface area contributed by atoms with Gasteiger partial charge in [0.05, 0.1) is 0 Å². The zero-order chi connectivity index (χ0) is 59.9. The quantitative estimate of drug-likeness (QED) is 0.0261. The Hall–Kier alpha value is -5.23. The van der Waals surface area contributed by atoms with E-state index in [4.69, 9.17) is 14.2 Å². The first-order valence-corrected chi connectivity index (χ1v) is 33.6. The number of hydrogen-bond acceptors (Lipinski definition) is 6. The number of allylic oxidation sites excluding steroid dienone is 28. The van der Waals surface area contributed by atoms with E-state index in [1.807, 2.05) is 0 Å². The molecule has 0 saturated heterocycles. The topological polar surface area (TPSA) is 78.9 Å². The van der Waals surface area contributed by atoms with Gasteiger partial charge in [0.1, 0.15) is 13.2 Å². The van der Waals surface area contributed by atoms with E-state index in [0.717, 1.165) is 173 Å². The number of hydrogen-bond donors (Lipinski definition) is 0. The highest BCUT2D eigenvalue weighted by Gasteiger charge is 2.19. The molecule has 0 amide bonds. The number of rotatable bonds is 59. The summed E-state index contributed by atoms with van der Waals surface area (Å²) in [6.45, 7) is 6.31. The smallest absolute Gasteiger partial charge is 0.306 e. The van der Waals surface area contributed by atoms with Crippen LogP contribution in [0.1, 0.15) is 278 Å². The second-order valence-electron chi connectivity index (χ2n) is 21.6. The Bertz CT molecular complexity index is 1890. The predicted octanol–water partition coefficient (Wildman–Crippen LogP) is 23.4. The van der Waals surface area contributed by atoms with Gasteiger partial charge >= 0.3 is 17.9 Å². The van der Waals surface area contributed by atoms with E-state index < -0.39 is 6.10 Å². The van der Waals surface area contributed by atoms with E-state index in [0.29, 0.717) is 19.3 Å². The highest BCUT2D eigenvalue weighted by molar-refractivity contribution is 5.71. The van der Waals surface area contributed by atoms with Crippen LogP contribution in [0.2, 0.25) is 0 Å². The van der Waals surface area contributed by atoms with Crippen LogP contribution in [0.5, 0.6) is 0 Å². The lowest BCUT2D eigenvalue weighted by atomic mass is 10.1. The summed E-state index contributed by atoms with van der Waals surface area (Å²) < 4.78 is 16.8. The lowest BCUT2D eigenvalue weighted by Gasteiger charge is -2.18. The fourth-order valence-corrected chi connectivity index (χ4v) is 8.76. The average molecular weight is 1140 g/mol. The van der Waals surface area contributed by atoms with Crippen molar-refractivity contribution in [2.75, 3.05) is 13.2 Å². The highest BCUT2D eigenvalue weighted by atomic mass is 16.6. The summed E-state index contributed by atoms with van der Waals surface area (Å²) in [4.78, 5) is 38.0. The van der Waals surface area contributed by atoms with Crippen molar-refractivity contribution in [1.29, 1.82) is 0 Å². The van der Waals surface area contributed by atoms with Crippen LogP contribution >= 0.6 is 0 Å². The Labute approximate surface area is 511 Å². The zero-order valence-electron chi connectivity index (χ0n) is 53.4. The van der Waals surface area contributed by atoms with Crippen molar-refractivity contribution in [3.05, 3.63) is 170 Å². The summed E-state index contributed by atoms with van der Waals surface area (Å²) in [5.41, 5.74) is 0. The summed E-state index contributed by atoms with van der Waals surface area (Å²) in [6, 6.07) is 0. The van der Waals surface area contributed by atoms with Crippen LogP contribution in [0.25, 0.3) is 0 Å². The number of carbonyl (C=O) groups excluding carboxylic acids is 3. The fourth-order valence-electron chi connectivity index (χ4n) is 8.76. The lowest BCUT2D eigenvalue weighted by Crippen LogP contribution is -2.30. The van der Waals surface area contributed by atoms with Gasteiger partial charge in [-0.15, -0.1) is 0 Å². The molecule has 0 heterocycles. The van der Waals surface area contributed by atoms with Crippen LogP contribution in [0.4, 0.5) is 0 Å². The molecule has 466 valence electrons. The third-order valence-corrected chi connectivity index (χ3v) is 13.7. The summed E-state index contributed by atoms with van der Waals surface area (Å²) in [5, 5.41) is 0. The number of carbonyl (C=O) groups is 3. The van der Waals surface area contributed by atoms with Gasteiger partial charge in [-0.05, 0) is 135 Å². The third kappa shape index (κ3) is 67.4. The van der Waals surface area contributed by atoms with Gasteiger partial charge in [-0.25, -0.2) is 0 Å². The van der Waals surface area contributed by atoms with Crippen molar-refractivity contribution in [3.8, 4) is 0 Å². The molecule has 0 fully saturated rings. The Morgan fingerprint density at radius 1 is 0.253 bits per heavy atom. The molecule has 0 N–H and O–H groups in total. The molecule has 1 atom stereocenters. The molecule has 0 bridgehead atoms. The zero-order valence-corrected chi connectivity index (χ0v) is 53.4. The minimum absolute atomic E-state index is 0.0904. The fraction of sp³-hybridized carbons (Fsp3) is 0.597. The molecular weight excluding hydrogens is 1020 g/mol. The van der Waals surface area contributed by atoms with Gasteiger partial charge in [0, 0.05) is 19.3 Å². The molecule has 0 spiro atoms. The first-order valence-electron chi connectivity index (χ1n) is 33.6. The Morgan fingerprint density at radius 3 is 0.735 bits per heavy atom. The van der Waals surface area contributed by atoms with E-state index in [1.54, 1.807) is 0 Å². The van der Waals surface area contributed by atoms with E-state index >= 15 is 0 Å². The molecule has 0 aliphatic heterocycles. The van der Waals surface area contributed by atoms with Gasteiger partial charge in [0.25, 0.3) is 0 Å². The molecular formula is C77H122O6. The first-order chi connectivity index (χ1) is 41.0. The SMILES string of the molecule is CC/C=C\C/C=C\C/C=C\C/C=C\C/C=C\C/C=C\C/C=C\C/C=C\CCCCCCCCCCC(=O)OCC(COC(=O)CCCCCCC)OC(=O)CCCCCCCCCC/C=C\C/C=C\C/C=C\C/C=C\C/C=C\C/C=C\CC. The van der Waals surface area contributed by atoms with Gasteiger partial charge in [0.15, 0.2) is 6.10 Å². The van der Waals surface area contributed by atoms with E-state index in [-0.39, 0.29) is 31.1 Å². The summed E-state index contributed by atoms with van der Waals surface area (Å²) >= 11 is 0. The van der Waals surface area contributed by atoms with Gasteiger partial charge in [-0.2, -0.15) is 0 Å². The Kier molecular flexibility index (Phi) is 64.9. The van der Waals surface area contributed by atoms with E-state index in [2.05, 4.69) is 191 Å². The van der Waals surface area contributed by atoms with Crippen molar-refractivity contribution in [2.24, 2.45) is 0 Å². The molecule has 6 heteroatoms. The lowest BCUT2D eigenvalue weighted by molar-refractivity contribution is -0.167. The molecule has 6 nitrogen and oxygen atoms in total. The minimum Gasteiger partial charge on any atom is -0.462 e. The molecule has 0 aliphatic carbocycles. The molecule has 83 heavy (non-hydrogen) atoms. The molecule has 0 aromatic heterocycles. The highest BCUT2D eigenvalue weighted by Crippen LogP contribution is 2.15. The van der Waals surface area contributed by atoms with Gasteiger partial charge < -0.3 is 14.2 Å². The maximum atomic E-state index is 12.9.